The Morgan fingerprint density at radius 3 is 2.51 bits per heavy atom. The van der Waals surface area contributed by atoms with Crippen molar-refractivity contribution in [2.24, 2.45) is 5.41 Å². The lowest BCUT2D eigenvalue weighted by molar-refractivity contribution is -0.384. The fourth-order valence-electron chi connectivity index (χ4n) is 9.89. The van der Waals surface area contributed by atoms with Gasteiger partial charge in [-0.15, -0.1) is 0 Å². The first-order valence-electron chi connectivity index (χ1n) is 22.8. The van der Waals surface area contributed by atoms with Crippen molar-refractivity contribution in [1.29, 1.82) is 0 Å². The number of amides is 1. The van der Waals surface area contributed by atoms with Crippen LogP contribution in [0, 0.1) is 15.5 Å². The van der Waals surface area contributed by atoms with Crippen molar-refractivity contribution >= 4 is 72.6 Å². The summed E-state index contributed by atoms with van der Waals surface area (Å²) in [5.74, 6) is -0.513. The van der Waals surface area contributed by atoms with E-state index in [9.17, 15) is 23.3 Å². The second-order valence-corrected chi connectivity index (χ2v) is 20.8. The molecular formula is C48H54ClN9O8S. The lowest BCUT2D eigenvalue weighted by Gasteiger charge is -2.39. The molecule has 67 heavy (non-hydrogen) atoms. The van der Waals surface area contributed by atoms with E-state index in [2.05, 4.69) is 55.7 Å². The van der Waals surface area contributed by atoms with Gasteiger partial charge >= 0.3 is 0 Å². The van der Waals surface area contributed by atoms with Crippen LogP contribution in [0.4, 0.5) is 28.4 Å². The fourth-order valence-corrected chi connectivity index (χ4v) is 11.0. The monoisotopic (exact) mass is 951 g/mol. The molecule has 6 heterocycles. The highest BCUT2D eigenvalue weighted by Crippen LogP contribution is 2.45. The number of nitrogens with zero attached hydrogens (tertiary/aromatic N) is 6. The third kappa shape index (κ3) is 9.50. The average Bonchev–Trinajstić information content (AvgIpc) is 3.79. The predicted molar refractivity (Wildman–Crippen MR) is 258 cm³/mol. The summed E-state index contributed by atoms with van der Waals surface area (Å²) in [6, 6.07) is 19.3. The third-order valence-corrected chi connectivity index (χ3v) is 15.1. The summed E-state index contributed by atoms with van der Waals surface area (Å²) in [4.78, 5) is 42.5. The second-order valence-electron chi connectivity index (χ2n) is 18.7. The molecule has 2 fully saturated rings. The summed E-state index contributed by atoms with van der Waals surface area (Å²) >= 11 is 6.27. The number of morpholine rings is 1. The number of anilines is 4. The largest absolute Gasteiger partial charge is 0.489 e. The molecule has 1 unspecified atom stereocenters. The number of fused-ring (bicyclic) bond motifs is 3. The Kier molecular flexibility index (Phi) is 12.3. The maximum absolute atomic E-state index is 14.4. The van der Waals surface area contributed by atoms with Crippen LogP contribution in [0.2, 0.25) is 5.02 Å². The second kappa shape index (κ2) is 18.3. The van der Waals surface area contributed by atoms with Gasteiger partial charge in [0, 0.05) is 86.8 Å². The first-order valence-corrected chi connectivity index (χ1v) is 24.7. The zero-order valence-corrected chi connectivity index (χ0v) is 39.1. The lowest BCUT2D eigenvalue weighted by Crippen LogP contribution is -2.47. The molecule has 3 N–H and O–H groups in total. The van der Waals surface area contributed by atoms with Crippen molar-refractivity contribution in [1.82, 2.24) is 24.5 Å². The number of allylic oxidation sites excluding steroid dienone is 1. The van der Waals surface area contributed by atoms with Crippen LogP contribution in [-0.2, 0) is 14.8 Å². The third-order valence-electron chi connectivity index (χ3n) is 13.5. The number of hydrogen-bond donors (Lipinski definition) is 3. The van der Waals surface area contributed by atoms with Gasteiger partial charge in [0.05, 0.1) is 46.9 Å². The number of hydrogen-bond acceptors (Lipinski definition) is 14. The first-order chi connectivity index (χ1) is 32.3. The number of carbonyl (C=O) groups is 1. The van der Waals surface area contributed by atoms with E-state index in [1.807, 2.05) is 41.3 Å². The van der Waals surface area contributed by atoms with E-state index >= 15 is 0 Å². The number of halogens is 1. The number of nitrogens with one attached hydrogen (secondary N) is 3. The fraction of sp³-hybridized carbons (Fsp3) is 0.417. The number of pyridine rings is 1. The molecule has 17 nitrogen and oxygen atoms in total. The zero-order valence-electron chi connectivity index (χ0n) is 37.6. The number of H-pyrrole nitrogens is 1. The van der Waals surface area contributed by atoms with Crippen molar-refractivity contribution in [3.63, 3.8) is 0 Å². The van der Waals surface area contributed by atoms with E-state index < -0.39 is 31.4 Å². The number of carbonyl (C=O) groups excluding carboxylic acids is 1. The van der Waals surface area contributed by atoms with E-state index in [-0.39, 0.29) is 41.7 Å². The molecule has 1 atom stereocenters. The number of rotatable bonds is 11. The van der Waals surface area contributed by atoms with Crippen molar-refractivity contribution in [2.75, 3.05) is 100 Å². The average molecular weight is 953 g/mol. The van der Waals surface area contributed by atoms with Gasteiger partial charge in [0.25, 0.3) is 21.6 Å². The molecule has 5 aliphatic rings. The van der Waals surface area contributed by atoms with Gasteiger partial charge in [-0.2, -0.15) is 4.98 Å². The molecule has 19 heteroatoms. The summed E-state index contributed by atoms with van der Waals surface area (Å²) < 4.78 is 47.9. The van der Waals surface area contributed by atoms with Gasteiger partial charge in [0.1, 0.15) is 24.5 Å². The topological polar surface area (TPSA) is 188 Å². The van der Waals surface area contributed by atoms with E-state index in [1.54, 1.807) is 12.3 Å². The molecule has 2 saturated heterocycles. The minimum atomic E-state index is -4.66. The maximum atomic E-state index is 14.4. The van der Waals surface area contributed by atoms with Gasteiger partial charge in [0.15, 0.2) is 11.4 Å². The Balaban J connectivity index is 0.916. The van der Waals surface area contributed by atoms with Gasteiger partial charge < -0.3 is 34.3 Å². The number of benzene rings is 3. The molecule has 4 aliphatic heterocycles. The number of piperazine rings is 1. The van der Waals surface area contributed by atoms with E-state index in [0.29, 0.717) is 49.2 Å². The molecular weight excluding hydrogens is 898 g/mol. The summed E-state index contributed by atoms with van der Waals surface area (Å²) in [6.45, 7) is 12.7. The molecule has 0 bridgehead atoms. The van der Waals surface area contributed by atoms with Crippen molar-refractivity contribution in [3.8, 4) is 11.6 Å². The zero-order chi connectivity index (χ0) is 46.5. The number of sulfonamides is 1. The Morgan fingerprint density at radius 2 is 1.73 bits per heavy atom. The standard InChI is InChI=1S/C48H54ClN9O8S/c1-48(2)11-9-33(39(27-48)31-3-5-34(49)6-4-31)28-54-13-15-56(16-14-54)36-7-8-38(40(24-36)57-19-22-65-47-42(57)23-32-10-12-50-45(32)52-47)46(59)53-67(62,63)37-25-41(58(60)61)44-43(26-37)66-30-35(51-44)29-55-17-20-64-21-18-55/h3-8,10,12,23-26,35,51H,9,11,13-22,27-30H2,1-2H3,(H,50,52)(H,53,59). The SMILES string of the molecule is CC1(C)CCC(CN2CCN(c3ccc(C(=O)NS(=O)(=O)c4cc5c(c([N+](=O)[O-])c4)NC(CN4CCOCC4)CO5)c(N4CCOc5nc6[nH]ccc6cc54)c3)CC2)=C(c2ccc(Cl)cc2)C1. The molecule has 5 aromatic rings. The normalized spacial score (nSPS) is 20.1. The van der Waals surface area contributed by atoms with E-state index in [0.717, 1.165) is 87.2 Å². The summed E-state index contributed by atoms with van der Waals surface area (Å²) in [5, 5.41) is 17.2. The highest BCUT2D eigenvalue weighted by Gasteiger charge is 2.35. The number of ether oxygens (including phenoxy) is 3. The van der Waals surface area contributed by atoms with E-state index in [1.165, 1.54) is 22.8 Å². The van der Waals surface area contributed by atoms with Crippen LogP contribution in [0.3, 0.4) is 0 Å². The van der Waals surface area contributed by atoms with Crippen molar-refractivity contribution in [3.05, 3.63) is 105 Å². The molecule has 10 rings (SSSR count). The van der Waals surface area contributed by atoms with Crippen LogP contribution >= 0.6 is 11.6 Å². The van der Waals surface area contributed by atoms with Crippen LogP contribution < -0.4 is 29.3 Å². The van der Waals surface area contributed by atoms with Crippen LogP contribution in [0.25, 0.3) is 16.6 Å². The summed E-state index contributed by atoms with van der Waals surface area (Å²) in [5.41, 5.74) is 6.65. The van der Waals surface area contributed by atoms with Crippen molar-refractivity contribution in [2.45, 2.75) is 44.0 Å². The van der Waals surface area contributed by atoms with Gasteiger partial charge in [-0.05, 0) is 78.3 Å². The molecule has 0 radical (unpaired) electrons. The quantitative estimate of drug-likeness (QED) is 0.0902. The van der Waals surface area contributed by atoms with Crippen molar-refractivity contribution < 1.29 is 32.3 Å². The number of aromatic amines is 1. The molecule has 3 aromatic carbocycles. The molecule has 1 aliphatic carbocycles. The number of aromatic nitrogens is 2. The predicted octanol–water partition coefficient (Wildman–Crippen LogP) is 7.06. The number of nitro benzene ring substituents is 1. The molecule has 2 aromatic heterocycles. The Bertz CT molecular complexity index is 2860. The Hall–Kier alpha value is -5.92. The highest BCUT2D eigenvalue weighted by molar-refractivity contribution is 7.90. The molecule has 0 saturated carbocycles. The Morgan fingerprint density at radius 1 is 0.940 bits per heavy atom. The van der Waals surface area contributed by atoms with E-state index in [4.69, 9.17) is 30.8 Å². The summed E-state index contributed by atoms with van der Waals surface area (Å²) in [7, 11) is -4.66. The van der Waals surface area contributed by atoms with Gasteiger partial charge in [0.2, 0.25) is 5.88 Å². The van der Waals surface area contributed by atoms with Crippen LogP contribution in [0.1, 0.15) is 49.0 Å². The van der Waals surface area contributed by atoms with Crippen LogP contribution in [0.5, 0.6) is 11.6 Å². The van der Waals surface area contributed by atoms with Gasteiger partial charge in [-0.1, -0.05) is 43.2 Å². The Labute approximate surface area is 394 Å². The van der Waals surface area contributed by atoms with Gasteiger partial charge in [-0.25, -0.2) is 13.1 Å². The molecule has 1 amide bonds. The smallest absolute Gasteiger partial charge is 0.297 e. The minimum Gasteiger partial charge on any atom is -0.489 e. The maximum Gasteiger partial charge on any atom is 0.297 e. The molecule has 352 valence electrons. The highest BCUT2D eigenvalue weighted by atomic mass is 35.5. The number of nitro groups is 1. The van der Waals surface area contributed by atoms with Crippen LogP contribution in [-0.4, -0.2) is 130 Å². The van der Waals surface area contributed by atoms with Crippen LogP contribution in [0.15, 0.2) is 83.4 Å². The minimum absolute atomic E-state index is 0.0142. The first kappa shape index (κ1) is 44.9. The lowest BCUT2D eigenvalue weighted by atomic mass is 9.72. The molecule has 0 spiro atoms. The summed E-state index contributed by atoms with van der Waals surface area (Å²) in [6.07, 6.45) is 4.98. The van der Waals surface area contributed by atoms with Gasteiger partial charge in [-0.3, -0.25) is 24.7 Å².